The summed E-state index contributed by atoms with van der Waals surface area (Å²) in [7, 11) is 0. The summed E-state index contributed by atoms with van der Waals surface area (Å²) in [6.45, 7) is 13.5. The molecule has 0 saturated carbocycles. The minimum atomic E-state index is 0.224. The molecule has 2 atom stereocenters. The van der Waals surface area contributed by atoms with E-state index in [4.69, 9.17) is 9.98 Å². The Labute approximate surface area is 99.3 Å². The smallest absolute Gasteiger partial charge is 0.0778 e. The van der Waals surface area contributed by atoms with E-state index in [0.29, 0.717) is 12.1 Å². The van der Waals surface area contributed by atoms with Gasteiger partial charge in [0.2, 0.25) is 0 Å². The minimum absolute atomic E-state index is 0.224. The molecular formula is C14H24N2. The number of hydrogen-bond donors (Lipinski definition) is 0. The van der Waals surface area contributed by atoms with Gasteiger partial charge in [-0.1, -0.05) is 41.5 Å². The lowest BCUT2D eigenvalue weighted by Crippen LogP contribution is -2.21. The summed E-state index contributed by atoms with van der Waals surface area (Å²) in [5.74, 6) is 0. The van der Waals surface area contributed by atoms with Crippen LogP contribution >= 0.6 is 0 Å². The van der Waals surface area contributed by atoms with Gasteiger partial charge in [-0.05, 0) is 10.8 Å². The molecule has 2 aliphatic rings. The first-order chi connectivity index (χ1) is 7.18. The maximum absolute atomic E-state index is 4.89. The predicted molar refractivity (Wildman–Crippen MR) is 70.6 cm³/mol. The first-order valence-corrected chi connectivity index (χ1v) is 6.32. The highest BCUT2D eigenvalue weighted by Crippen LogP contribution is 2.36. The highest BCUT2D eigenvalue weighted by atomic mass is 15.0. The van der Waals surface area contributed by atoms with Crippen molar-refractivity contribution in [3.8, 4) is 0 Å². The fourth-order valence-electron chi connectivity index (χ4n) is 2.44. The number of fused-ring (bicyclic) bond motifs is 1. The van der Waals surface area contributed by atoms with Gasteiger partial charge in [-0.15, -0.1) is 0 Å². The van der Waals surface area contributed by atoms with Crippen LogP contribution in [0.5, 0.6) is 0 Å². The van der Waals surface area contributed by atoms with E-state index in [1.165, 1.54) is 11.4 Å². The fourth-order valence-corrected chi connectivity index (χ4v) is 2.44. The van der Waals surface area contributed by atoms with Crippen molar-refractivity contribution >= 4 is 11.4 Å². The molecular weight excluding hydrogens is 196 g/mol. The van der Waals surface area contributed by atoms with Gasteiger partial charge in [-0.2, -0.15) is 0 Å². The van der Waals surface area contributed by atoms with Crippen LogP contribution in [-0.2, 0) is 0 Å². The van der Waals surface area contributed by atoms with Gasteiger partial charge in [-0.3, -0.25) is 9.98 Å². The topological polar surface area (TPSA) is 24.7 Å². The largest absolute Gasteiger partial charge is 0.288 e. The van der Waals surface area contributed by atoms with Crippen molar-refractivity contribution in [1.29, 1.82) is 0 Å². The average molecular weight is 220 g/mol. The van der Waals surface area contributed by atoms with Gasteiger partial charge in [0.25, 0.3) is 0 Å². The Balaban J connectivity index is 2.11. The van der Waals surface area contributed by atoms with Gasteiger partial charge in [0.15, 0.2) is 0 Å². The fraction of sp³-hybridized carbons (Fsp3) is 0.857. The van der Waals surface area contributed by atoms with Gasteiger partial charge in [0.1, 0.15) is 0 Å². The van der Waals surface area contributed by atoms with Crippen LogP contribution in [0.15, 0.2) is 9.98 Å². The maximum atomic E-state index is 4.89. The molecule has 2 heteroatoms. The van der Waals surface area contributed by atoms with Crippen molar-refractivity contribution in [3.63, 3.8) is 0 Å². The Hall–Kier alpha value is -0.660. The molecule has 2 nitrogen and oxygen atoms in total. The van der Waals surface area contributed by atoms with Crippen molar-refractivity contribution in [3.05, 3.63) is 0 Å². The molecule has 0 bridgehead atoms. The molecule has 2 aliphatic heterocycles. The summed E-state index contributed by atoms with van der Waals surface area (Å²) < 4.78 is 0. The molecule has 2 unspecified atom stereocenters. The average Bonchev–Trinajstić information content (AvgIpc) is 2.53. The molecule has 0 N–H and O–H groups in total. The Kier molecular flexibility index (Phi) is 2.52. The second-order valence-corrected chi connectivity index (χ2v) is 7.19. The lowest BCUT2D eigenvalue weighted by Gasteiger charge is -2.21. The van der Waals surface area contributed by atoms with Crippen LogP contribution in [0.4, 0.5) is 0 Å². The van der Waals surface area contributed by atoms with Crippen LogP contribution in [0.2, 0.25) is 0 Å². The second-order valence-electron chi connectivity index (χ2n) is 7.19. The lowest BCUT2D eigenvalue weighted by atomic mass is 9.87. The van der Waals surface area contributed by atoms with E-state index < -0.39 is 0 Å². The molecule has 0 amide bonds. The van der Waals surface area contributed by atoms with Crippen molar-refractivity contribution in [1.82, 2.24) is 0 Å². The van der Waals surface area contributed by atoms with E-state index in [9.17, 15) is 0 Å². The van der Waals surface area contributed by atoms with Crippen LogP contribution in [0, 0.1) is 10.8 Å². The van der Waals surface area contributed by atoms with Crippen molar-refractivity contribution in [2.45, 2.75) is 66.5 Å². The van der Waals surface area contributed by atoms with E-state index >= 15 is 0 Å². The van der Waals surface area contributed by atoms with Gasteiger partial charge >= 0.3 is 0 Å². The number of aliphatic imine (C=N–C) groups is 2. The third-order valence-corrected chi connectivity index (χ3v) is 3.62. The third-order valence-electron chi connectivity index (χ3n) is 3.62. The van der Waals surface area contributed by atoms with Crippen molar-refractivity contribution in [2.75, 3.05) is 0 Å². The molecule has 2 heterocycles. The summed E-state index contributed by atoms with van der Waals surface area (Å²) in [5.41, 5.74) is 3.17. The Morgan fingerprint density at radius 3 is 1.31 bits per heavy atom. The van der Waals surface area contributed by atoms with Gasteiger partial charge < -0.3 is 0 Å². The zero-order valence-electron chi connectivity index (χ0n) is 11.5. The Bertz CT molecular complexity index is 314. The SMILES string of the molecule is CC(C)(C)C1=NC2CC(C(C)(C)C)=NC2C1. The van der Waals surface area contributed by atoms with Gasteiger partial charge in [0, 0.05) is 24.3 Å². The molecule has 0 aromatic carbocycles. The normalized spacial score (nSPS) is 30.1. The zero-order chi connectivity index (χ0) is 12.1. The quantitative estimate of drug-likeness (QED) is 0.597. The minimum Gasteiger partial charge on any atom is -0.288 e. The molecule has 0 aromatic heterocycles. The van der Waals surface area contributed by atoms with Crippen LogP contribution in [0.1, 0.15) is 54.4 Å². The van der Waals surface area contributed by atoms with Crippen molar-refractivity contribution < 1.29 is 0 Å². The number of hydrogen-bond acceptors (Lipinski definition) is 2. The monoisotopic (exact) mass is 220 g/mol. The first-order valence-electron chi connectivity index (χ1n) is 6.32. The van der Waals surface area contributed by atoms with E-state index in [2.05, 4.69) is 41.5 Å². The summed E-state index contributed by atoms with van der Waals surface area (Å²) in [4.78, 5) is 9.77. The Morgan fingerprint density at radius 1 is 0.750 bits per heavy atom. The first kappa shape index (κ1) is 11.8. The highest BCUT2D eigenvalue weighted by Gasteiger charge is 2.40. The van der Waals surface area contributed by atoms with E-state index in [1.54, 1.807) is 0 Å². The maximum Gasteiger partial charge on any atom is 0.0778 e. The summed E-state index contributed by atoms with van der Waals surface area (Å²) in [6.07, 6.45) is 2.15. The third kappa shape index (κ3) is 2.07. The van der Waals surface area contributed by atoms with Gasteiger partial charge in [-0.25, -0.2) is 0 Å². The lowest BCUT2D eigenvalue weighted by molar-refractivity contribution is 0.574. The van der Waals surface area contributed by atoms with Crippen LogP contribution in [0.25, 0.3) is 0 Å². The highest BCUT2D eigenvalue weighted by molar-refractivity contribution is 5.97. The molecule has 0 aromatic rings. The van der Waals surface area contributed by atoms with Crippen molar-refractivity contribution in [2.24, 2.45) is 20.8 Å². The van der Waals surface area contributed by atoms with E-state index in [1.807, 2.05) is 0 Å². The summed E-state index contributed by atoms with van der Waals surface area (Å²) in [5, 5.41) is 0. The number of rotatable bonds is 0. The zero-order valence-corrected chi connectivity index (χ0v) is 11.5. The van der Waals surface area contributed by atoms with Crippen LogP contribution in [0.3, 0.4) is 0 Å². The molecule has 2 rings (SSSR count). The molecule has 16 heavy (non-hydrogen) atoms. The van der Waals surface area contributed by atoms with E-state index in [0.717, 1.165) is 12.8 Å². The molecule has 0 spiro atoms. The second kappa shape index (κ2) is 3.41. The molecule has 0 radical (unpaired) electrons. The van der Waals surface area contributed by atoms with Gasteiger partial charge in [0.05, 0.1) is 12.1 Å². The summed E-state index contributed by atoms with van der Waals surface area (Å²) >= 11 is 0. The Morgan fingerprint density at radius 2 is 1.06 bits per heavy atom. The molecule has 0 saturated heterocycles. The number of nitrogens with zero attached hydrogens (tertiary/aromatic N) is 2. The van der Waals surface area contributed by atoms with Crippen LogP contribution in [-0.4, -0.2) is 23.5 Å². The van der Waals surface area contributed by atoms with Crippen LogP contribution < -0.4 is 0 Å². The standard InChI is InChI=1S/C14H24N2/c1-13(2,3)11-7-9-10(15-11)8-12(16-9)14(4,5)6/h9-10H,7-8H2,1-6H3. The molecule has 90 valence electrons. The summed E-state index contributed by atoms with van der Waals surface area (Å²) in [6, 6.07) is 0.895. The molecule has 0 aliphatic carbocycles. The predicted octanol–water partition coefficient (Wildman–Crippen LogP) is 3.51. The molecule has 0 fully saturated rings. The van der Waals surface area contributed by atoms with E-state index in [-0.39, 0.29) is 10.8 Å².